The first-order valence-corrected chi connectivity index (χ1v) is 5.80. The van der Waals surface area contributed by atoms with Crippen LogP contribution in [0.1, 0.15) is 15.9 Å². The average Bonchev–Trinajstić information content (AvgIpc) is 2.40. The van der Waals surface area contributed by atoms with Crippen LogP contribution < -0.4 is 0 Å². The Morgan fingerprint density at radius 1 is 1.11 bits per heavy atom. The topological polar surface area (TPSA) is 37.3 Å². The van der Waals surface area contributed by atoms with Gasteiger partial charge in [-0.2, -0.15) is 0 Å². The molecule has 2 rings (SSSR count). The fourth-order valence-corrected chi connectivity index (χ4v) is 1.70. The van der Waals surface area contributed by atoms with Crippen molar-refractivity contribution in [2.75, 3.05) is 0 Å². The van der Waals surface area contributed by atoms with Gasteiger partial charge in [0.2, 0.25) is 0 Å². The summed E-state index contributed by atoms with van der Waals surface area (Å²) in [7, 11) is 0. The standard InChI is InChI=1S/C15H11ClO2/c16-13-7-9-15(18)12(10-13)6-8-14(17)11-4-2-1-3-5-11/h1-10,18H. The van der Waals surface area contributed by atoms with Crippen LogP contribution >= 0.6 is 11.6 Å². The van der Waals surface area contributed by atoms with Crippen molar-refractivity contribution in [1.29, 1.82) is 0 Å². The fraction of sp³-hybridized carbons (Fsp3) is 0. The number of phenolic OH excluding ortho intramolecular Hbond substituents is 1. The Labute approximate surface area is 110 Å². The van der Waals surface area contributed by atoms with E-state index >= 15 is 0 Å². The van der Waals surface area contributed by atoms with E-state index in [0.29, 0.717) is 16.1 Å². The van der Waals surface area contributed by atoms with Gasteiger partial charge in [0.1, 0.15) is 5.75 Å². The number of benzene rings is 2. The zero-order valence-corrected chi connectivity index (χ0v) is 10.3. The molecule has 18 heavy (non-hydrogen) atoms. The summed E-state index contributed by atoms with van der Waals surface area (Å²) in [6.07, 6.45) is 2.97. The number of carbonyl (C=O) groups is 1. The molecule has 0 bridgehead atoms. The molecule has 0 aromatic heterocycles. The highest BCUT2D eigenvalue weighted by Crippen LogP contribution is 2.22. The van der Waals surface area contributed by atoms with Gasteiger partial charge < -0.3 is 5.11 Å². The quantitative estimate of drug-likeness (QED) is 0.669. The van der Waals surface area contributed by atoms with Crippen LogP contribution in [0.5, 0.6) is 5.75 Å². The Balaban J connectivity index is 2.21. The average molecular weight is 259 g/mol. The van der Waals surface area contributed by atoms with Crippen molar-refractivity contribution in [3.05, 3.63) is 70.8 Å². The van der Waals surface area contributed by atoms with E-state index in [0.717, 1.165) is 0 Å². The lowest BCUT2D eigenvalue weighted by molar-refractivity contribution is 0.104. The number of halogens is 1. The second-order valence-electron chi connectivity index (χ2n) is 3.77. The van der Waals surface area contributed by atoms with Crippen LogP contribution in [0.25, 0.3) is 6.08 Å². The summed E-state index contributed by atoms with van der Waals surface area (Å²) < 4.78 is 0. The van der Waals surface area contributed by atoms with Crippen LogP contribution in [0, 0.1) is 0 Å². The number of hydrogen-bond acceptors (Lipinski definition) is 2. The first-order valence-electron chi connectivity index (χ1n) is 5.43. The van der Waals surface area contributed by atoms with E-state index < -0.39 is 0 Å². The number of hydrogen-bond donors (Lipinski definition) is 1. The van der Waals surface area contributed by atoms with E-state index in [2.05, 4.69) is 0 Å². The van der Waals surface area contributed by atoms with E-state index in [-0.39, 0.29) is 11.5 Å². The van der Waals surface area contributed by atoms with Crippen LogP contribution in [0.2, 0.25) is 5.02 Å². The summed E-state index contributed by atoms with van der Waals surface area (Å²) in [5.41, 5.74) is 1.13. The van der Waals surface area contributed by atoms with E-state index in [9.17, 15) is 9.90 Å². The molecule has 0 aliphatic heterocycles. The molecule has 0 saturated heterocycles. The van der Waals surface area contributed by atoms with E-state index in [1.54, 1.807) is 42.5 Å². The third-order valence-electron chi connectivity index (χ3n) is 2.46. The molecular weight excluding hydrogens is 248 g/mol. The number of phenols is 1. The van der Waals surface area contributed by atoms with Crippen molar-refractivity contribution in [2.24, 2.45) is 0 Å². The van der Waals surface area contributed by atoms with Crippen molar-refractivity contribution in [3.63, 3.8) is 0 Å². The van der Waals surface area contributed by atoms with Gasteiger partial charge >= 0.3 is 0 Å². The Hall–Kier alpha value is -2.06. The van der Waals surface area contributed by atoms with Gasteiger partial charge in [-0.05, 0) is 30.4 Å². The van der Waals surface area contributed by atoms with Crippen LogP contribution in [0.4, 0.5) is 0 Å². The molecule has 0 fully saturated rings. The molecule has 1 N–H and O–H groups in total. The summed E-state index contributed by atoms with van der Waals surface area (Å²) in [5, 5.41) is 10.1. The molecule has 2 nitrogen and oxygen atoms in total. The van der Waals surface area contributed by atoms with E-state index in [1.807, 2.05) is 6.07 Å². The molecular formula is C15H11ClO2. The second kappa shape index (κ2) is 5.52. The lowest BCUT2D eigenvalue weighted by Gasteiger charge is -1.99. The number of aromatic hydroxyl groups is 1. The second-order valence-corrected chi connectivity index (χ2v) is 4.20. The first kappa shape index (κ1) is 12.4. The Morgan fingerprint density at radius 2 is 1.83 bits per heavy atom. The molecule has 2 aromatic rings. The Bertz CT molecular complexity index is 589. The van der Waals surface area contributed by atoms with Crippen LogP contribution in [-0.2, 0) is 0 Å². The lowest BCUT2D eigenvalue weighted by atomic mass is 10.1. The van der Waals surface area contributed by atoms with Crippen molar-refractivity contribution < 1.29 is 9.90 Å². The summed E-state index contributed by atoms with van der Waals surface area (Å²) in [4.78, 5) is 11.8. The summed E-state index contributed by atoms with van der Waals surface area (Å²) in [6, 6.07) is 13.6. The fourth-order valence-electron chi connectivity index (χ4n) is 1.52. The van der Waals surface area contributed by atoms with E-state index in [1.165, 1.54) is 12.1 Å². The number of rotatable bonds is 3. The van der Waals surface area contributed by atoms with Gasteiger partial charge in [-0.3, -0.25) is 4.79 Å². The lowest BCUT2D eigenvalue weighted by Crippen LogP contribution is -1.92. The maximum absolute atomic E-state index is 11.8. The minimum absolute atomic E-state index is 0.0940. The summed E-state index contributed by atoms with van der Waals surface area (Å²) >= 11 is 5.82. The third-order valence-corrected chi connectivity index (χ3v) is 2.70. The molecule has 0 aliphatic rings. The zero-order valence-electron chi connectivity index (χ0n) is 9.51. The molecule has 0 saturated carbocycles. The minimum Gasteiger partial charge on any atom is -0.507 e. The monoisotopic (exact) mass is 258 g/mol. The summed E-state index contributed by atoms with van der Waals surface area (Å²) in [6.45, 7) is 0. The molecule has 0 atom stereocenters. The van der Waals surface area contributed by atoms with Gasteiger partial charge in [0.05, 0.1) is 0 Å². The van der Waals surface area contributed by atoms with Gasteiger partial charge in [0.15, 0.2) is 5.78 Å². The van der Waals surface area contributed by atoms with Crippen molar-refractivity contribution in [2.45, 2.75) is 0 Å². The van der Waals surface area contributed by atoms with Gasteiger partial charge in [0, 0.05) is 16.1 Å². The molecule has 0 radical (unpaired) electrons. The molecule has 0 spiro atoms. The Morgan fingerprint density at radius 3 is 2.56 bits per heavy atom. The smallest absolute Gasteiger partial charge is 0.185 e. The van der Waals surface area contributed by atoms with Crippen LogP contribution in [0.3, 0.4) is 0 Å². The highest BCUT2D eigenvalue weighted by atomic mass is 35.5. The van der Waals surface area contributed by atoms with Crippen molar-refractivity contribution in [1.82, 2.24) is 0 Å². The SMILES string of the molecule is O=C(C=Cc1cc(Cl)ccc1O)c1ccccc1. The van der Waals surface area contributed by atoms with Gasteiger partial charge in [-0.25, -0.2) is 0 Å². The molecule has 0 heterocycles. The molecule has 2 aromatic carbocycles. The third kappa shape index (κ3) is 2.99. The Kier molecular flexibility index (Phi) is 3.80. The first-order chi connectivity index (χ1) is 8.66. The number of carbonyl (C=O) groups excluding carboxylic acids is 1. The van der Waals surface area contributed by atoms with Crippen molar-refractivity contribution >= 4 is 23.5 Å². The largest absolute Gasteiger partial charge is 0.507 e. The maximum atomic E-state index is 11.8. The molecule has 3 heteroatoms. The van der Waals surface area contributed by atoms with Gasteiger partial charge in [-0.1, -0.05) is 41.9 Å². The zero-order chi connectivity index (χ0) is 13.0. The van der Waals surface area contributed by atoms with E-state index in [4.69, 9.17) is 11.6 Å². The van der Waals surface area contributed by atoms with Gasteiger partial charge in [0.25, 0.3) is 0 Å². The predicted molar refractivity (Wildman–Crippen MR) is 72.9 cm³/mol. The van der Waals surface area contributed by atoms with Crippen LogP contribution in [0.15, 0.2) is 54.6 Å². The van der Waals surface area contributed by atoms with Crippen molar-refractivity contribution in [3.8, 4) is 5.75 Å². The number of allylic oxidation sites excluding steroid dienone is 1. The summed E-state index contributed by atoms with van der Waals surface area (Å²) in [5.74, 6) is -0.0218. The maximum Gasteiger partial charge on any atom is 0.185 e. The highest BCUT2D eigenvalue weighted by molar-refractivity contribution is 6.30. The van der Waals surface area contributed by atoms with Crippen LogP contribution in [-0.4, -0.2) is 10.9 Å². The normalized spacial score (nSPS) is 10.7. The predicted octanol–water partition coefficient (Wildman–Crippen LogP) is 3.94. The number of ketones is 1. The highest BCUT2D eigenvalue weighted by Gasteiger charge is 2.02. The molecule has 0 amide bonds. The van der Waals surface area contributed by atoms with Gasteiger partial charge in [-0.15, -0.1) is 0 Å². The molecule has 90 valence electrons. The molecule has 0 unspecified atom stereocenters. The molecule has 0 aliphatic carbocycles. The minimum atomic E-state index is -0.116.